The molecule has 0 aliphatic carbocycles. The number of aromatic nitrogens is 3. The molecule has 19 heavy (non-hydrogen) atoms. The molecule has 0 aliphatic heterocycles. The molecule has 0 amide bonds. The number of nitrogens with one attached hydrogen (secondary N) is 1. The Morgan fingerprint density at radius 1 is 1.58 bits per heavy atom. The number of methoxy groups -OCH3 is 1. The highest BCUT2D eigenvalue weighted by Gasteiger charge is 2.09. The van der Waals surface area contributed by atoms with Crippen LogP contribution in [-0.2, 0) is 17.8 Å². The molecule has 0 unspecified atom stereocenters. The van der Waals surface area contributed by atoms with Crippen LogP contribution in [-0.4, -0.2) is 34.6 Å². The van der Waals surface area contributed by atoms with E-state index in [0.717, 1.165) is 19.5 Å². The van der Waals surface area contributed by atoms with Gasteiger partial charge in [0, 0.05) is 12.7 Å². The van der Waals surface area contributed by atoms with Crippen molar-refractivity contribution < 1.29 is 13.9 Å². The van der Waals surface area contributed by atoms with Crippen molar-refractivity contribution >= 4 is 5.97 Å². The molecule has 0 fully saturated rings. The van der Waals surface area contributed by atoms with Crippen molar-refractivity contribution in [1.82, 2.24) is 20.3 Å². The number of nitrogens with zero attached hydrogens (tertiary/aromatic N) is 3. The highest BCUT2D eigenvalue weighted by molar-refractivity contribution is 5.88. The first kappa shape index (κ1) is 13.3. The number of carbonyl (C=O) groups excluding carboxylic acids is 1. The zero-order valence-corrected chi connectivity index (χ0v) is 10.7. The predicted molar refractivity (Wildman–Crippen MR) is 66.4 cm³/mol. The Morgan fingerprint density at radius 3 is 3.21 bits per heavy atom. The van der Waals surface area contributed by atoms with Crippen LogP contribution in [0.2, 0.25) is 0 Å². The molecule has 0 saturated heterocycles. The number of rotatable bonds is 7. The smallest absolute Gasteiger partial charge is 0.341 e. The average Bonchev–Trinajstić information content (AvgIpc) is 3.08. The molecule has 0 aliphatic rings. The molecule has 7 nitrogen and oxygen atoms in total. The summed E-state index contributed by atoms with van der Waals surface area (Å²) in [7, 11) is 1.34. The van der Waals surface area contributed by atoms with E-state index in [1.165, 1.54) is 13.4 Å². The molecule has 0 radical (unpaired) electrons. The van der Waals surface area contributed by atoms with Crippen LogP contribution in [0.5, 0.6) is 0 Å². The van der Waals surface area contributed by atoms with Crippen LogP contribution in [0.25, 0.3) is 0 Å². The SMILES string of the molecule is COC(=O)c1coc(CNCCCn2ccnn2)c1. The van der Waals surface area contributed by atoms with Gasteiger partial charge in [-0.2, -0.15) is 0 Å². The summed E-state index contributed by atoms with van der Waals surface area (Å²) in [6.45, 7) is 2.22. The van der Waals surface area contributed by atoms with Gasteiger partial charge in [0.15, 0.2) is 0 Å². The molecule has 7 heteroatoms. The van der Waals surface area contributed by atoms with Crippen LogP contribution in [0.4, 0.5) is 0 Å². The molecule has 2 heterocycles. The highest BCUT2D eigenvalue weighted by Crippen LogP contribution is 2.08. The van der Waals surface area contributed by atoms with Gasteiger partial charge in [0.25, 0.3) is 0 Å². The largest absolute Gasteiger partial charge is 0.467 e. The van der Waals surface area contributed by atoms with Gasteiger partial charge in [0.2, 0.25) is 0 Å². The number of hydrogen-bond acceptors (Lipinski definition) is 6. The Labute approximate surface area is 110 Å². The van der Waals surface area contributed by atoms with Crippen LogP contribution >= 0.6 is 0 Å². The van der Waals surface area contributed by atoms with E-state index in [0.29, 0.717) is 17.9 Å². The second-order valence-corrected chi connectivity index (χ2v) is 3.99. The van der Waals surface area contributed by atoms with Crippen molar-refractivity contribution in [3.63, 3.8) is 0 Å². The van der Waals surface area contributed by atoms with Crippen molar-refractivity contribution in [2.75, 3.05) is 13.7 Å². The van der Waals surface area contributed by atoms with Crippen LogP contribution in [0.15, 0.2) is 29.1 Å². The first-order valence-electron chi connectivity index (χ1n) is 6.00. The van der Waals surface area contributed by atoms with Gasteiger partial charge >= 0.3 is 5.97 Å². The van der Waals surface area contributed by atoms with Crippen molar-refractivity contribution in [2.45, 2.75) is 19.5 Å². The summed E-state index contributed by atoms with van der Waals surface area (Å²) in [4.78, 5) is 11.2. The number of aryl methyl sites for hydroxylation is 1. The van der Waals surface area contributed by atoms with E-state index in [1.54, 1.807) is 16.9 Å². The average molecular weight is 264 g/mol. The summed E-state index contributed by atoms with van der Waals surface area (Å²) >= 11 is 0. The quantitative estimate of drug-likeness (QED) is 0.589. The monoisotopic (exact) mass is 264 g/mol. The van der Waals surface area contributed by atoms with Crippen molar-refractivity contribution in [3.8, 4) is 0 Å². The second-order valence-electron chi connectivity index (χ2n) is 3.99. The standard InChI is InChI=1S/C12H16N4O3/c1-18-12(17)10-7-11(19-9-10)8-13-3-2-5-16-6-4-14-15-16/h4,6-7,9,13H,2-3,5,8H2,1H3. The summed E-state index contributed by atoms with van der Waals surface area (Å²) in [6.07, 6.45) is 5.83. The van der Waals surface area contributed by atoms with Gasteiger partial charge in [0.05, 0.1) is 25.4 Å². The van der Waals surface area contributed by atoms with Gasteiger partial charge in [-0.15, -0.1) is 5.10 Å². The number of ether oxygens (including phenoxy) is 1. The fourth-order valence-electron chi connectivity index (χ4n) is 1.63. The minimum Gasteiger partial charge on any atom is -0.467 e. The number of esters is 1. The molecular weight excluding hydrogens is 248 g/mol. The minimum atomic E-state index is -0.388. The van der Waals surface area contributed by atoms with E-state index in [4.69, 9.17) is 4.42 Å². The molecule has 0 aromatic carbocycles. The third-order valence-corrected chi connectivity index (χ3v) is 2.59. The predicted octanol–water partition coefficient (Wildman–Crippen LogP) is 0.838. The van der Waals surface area contributed by atoms with E-state index in [1.807, 2.05) is 6.20 Å². The van der Waals surface area contributed by atoms with Crippen molar-refractivity contribution in [2.24, 2.45) is 0 Å². The van der Waals surface area contributed by atoms with Gasteiger partial charge in [-0.25, -0.2) is 4.79 Å². The van der Waals surface area contributed by atoms with Crippen LogP contribution in [0.1, 0.15) is 22.5 Å². The van der Waals surface area contributed by atoms with E-state index in [-0.39, 0.29) is 5.97 Å². The van der Waals surface area contributed by atoms with Crippen molar-refractivity contribution in [1.29, 1.82) is 0 Å². The summed E-state index contributed by atoms with van der Waals surface area (Å²) < 4.78 is 11.6. The third kappa shape index (κ3) is 3.92. The summed E-state index contributed by atoms with van der Waals surface area (Å²) in [5, 5.41) is 10.8. The number of hydrogen-bond donors (Lipinski definition) is 1. The lowest BCUT2D eigenvalue weighted by Gasteiger charge is -2.02. The van der Waals surface area contributed by atoms with Gasteiger partial charge < -0.3 is 14.5 Å². The summed E-state index contributed by atoms with van der Waals surface area (Å²) in [5.41, 5.74) is 0.432. The summed E-state index contributed by atoms with van der Waals surface area (Å²) in [6, 6.07) is 1.68. The molecule has 0 atom stereocenters. The topological polar surface area (TPSA) is 82.2 Å². The Kier molecular flexibility index (Phi) is 4.68. The molecule has 2 aromatic heterocycles. The number of carbonyl (C=O) groups is 1. The van der Waals surface area contributed by atoms with Gasteiger partial charge in [-0.3, -0.25) is 4.68 Å². The maximum atomic E-state index is 11.2. The van der Waals surface area contributed by atoms with Gasteiger partial charge in [-0.05, 0) is 19.0 Å². The lowest BCUT2D eigenvalue weighted by Crippen LogP contribution is -2.16. The Bertz CT molecular complexity index is 507. The van der Waals surface area contributed by atoms with E-state index in [9.17, 15) is 4.79 Å². The molecule has 0 bridgehead atoms. The number of furan rings is 1. The lowest BCUT2D eigenvalue weighted by atomic mass is 10.3. The minimum absolute atomic E-state index is 0.388. The van der Waals surface area contributed by atoms with Crippen LogP contribution in [0, 0.1) is 0 Å². The second kappa shape index (κ2) is 6.69. The fraction of sp³-hybridized carbons (Fsp3) is 0.417. The zero-order chi connectivity index (χ0) is 13.5. The molecule has 1 N–H and O–H groups in total. The highest BCUT2D eigenvalue weighted by atomic mass is 16.5. The zero-order valence-electron chi connectivity index (χ0n) is 10.7. The van der Waals surface area contributed by atoms with Crippen LogP contribution < -0.4 is 5.32 Å². The molecule has 0 spiro atoms. The Hall–Kier alpha value is -2.15. The molecule has 102 valence electrons. The van der Waals surface area contributed by atoms with E-state index in [2.05, 4.69) is 20.4 Å². The fourth-order valence-corrected chi connectivity index (χ4v) is 1.63. The molecule has 2 rings (SSSR count). The maximum absolute atomic E-state index is 11.2. The third-order valence-electron chi connectivity index (χ3n) is 2.59. The first-order chi connectivity index (χ1) is 9.29. The first-order valence-corrected chi connectivity index (χ1v) is 6.00. The Balaban J connectivity index is 1.65. The lowest BCUT2D eigenvalue weighted by molar-refractivity contribution is 0.0600. The van der Waals surface area contributed by atoms with Crippen LogP contribution in [0.3, 0.4) is 0 Å². The van der Waals surface area contributed by atoms with Crippen molar-refractivity contribution in [3.05, 3.63) is 36.0 Å². The van der Waals surface area contributed by atoms with Gasteiger partial charge in [-0.1, -0.05) is 5.21 Å². The molecule has 0 saturated carbocycles. The molecule has 2 aromatic rings. The van der Waals surface area contributed by atoms with Gasteiger partial charge in [0.1, 0.15) is 12.0 Å². The summed E-state index contributed by atoms with van der Waals surface area (Å²) in [5.74, 6) is 0.322. The Morgan fingerprint density at radius 2 is 2.47 bits per heavy atom. The maximum Gasteiger partial charge on any atom is 0.341 e. The van der Waals surface area contributed by atoms with E-state index >= 15 is 0 Å². The van der Waals surface area contributed by atoms with E-state index < -0.39 is 0 Å². The molecular formula is C12H16N4O3. The normalized spacial score (nSPS) is 10.6.